The molecular formula is C29H46ClN2O6S4+. The summed E-state index contributed by atoms with van der Waals surface area (Å²) in [6, 6.07) is 0.669. The highest BCUT2D eigenvalue weighted by atomic mass is 35.5. The van der Waals surface area contributed by atoms with Gasteiger partial charge in [0.25, 0.3) is 20.2 Å². The lowest BCUT2D eigenvalue weighted by molar-refractivity contribution is -0.572. The van der Waals surface area contributed by atoms with E-state index in [2.05, 4.69) is 28.6 Å². The van der Waals surface area contributed by atoms with Gasteiger partial charge >= 0.3 is 0 Å². The van der Waals surface area contributed by atoms with E-state index < -0.39 is 20.2 Å². The Morgan fingerprint density at radius 3 is 2.43 bits per heavy atom. The maximum absolute atomic E-state index is 11.5. The first-order valence-corrected chi connectivity index (χ1v) is 21.0. The third-order valence-corrected chi connectivity index (χ3v) is 14.7. The number of allylic oxidation sites excluding steroid dienone is 2. The van der Waals surface area contributed by atoms with Gasteiger partial charge in [0.2, 0.25) is 5.04 Å². The molecule has 238 valence electrons. The Bertz CT molecular complexity index is 1300. The molecule has 7 atom stereocenters. The molecule has 3 aliphatic carbocycles. The van der Waals surface area contributed by atoms with Gasteiger partial charge in [-0.05, 0) is 87.1 Å². The van der Waals surface area contributed by atoms with Crippen molar-refractivity contribution in [2.75, 3.05) is 24.6 Å². The van der Waals surface area contributed by atoms with Crippen LogP contribution in [0.3, 0.4) is 0 Å². The Labute approximate surface area is 265 Å². The topological polar surface area (TPSA) is 115 Å². The Kier molecular flexibility index (Phi) is 11.1. The van der Waals surface area contributed by atoms with E-state index in [1.165, 1.54) is 49.1 Å². The van der Waals surface area contributed by atoms with Gasteiger partial charge in [0.1, 0.15) is 6.54 Å². The highest BCUT2D eigenvalue weighted by Crippen LogP contribution is 2.49. The van der Waals surface area contributed by atoms with Crippen LogP contribution in [0.15, 0.2) is 22.8 Å². The number of hydrogen-bond acceptors (Lipinski definition) is 7. The van der Waals surface area contributed by atoms with Crippen molar-refractivity contribution in [1.82, 2.24) is 4.90 Å². The molecule has 2 heterocycles. The first-order chi connectivity index (χ1) is 19.9. The quantitative estimate of drug-likeness (QED) is 0.159. The highest BCUT2D eigenvalue weighted by molar-refractivity contribution is 8.14. The summed E-state index contributed by atoms with van der Waals surface area (Å²) in [7, 11) is -8.02. The van der Waals surface area contributed by atoms with E-state index in [9.17, 15) is 25.9 Å². The maximum atomic E-state index is 11.5. The molecule has 5 rings (SSSR count). The summed E-state index contributed by atoms with van der Waals surface area (Å²) in [4.78, 5) is 2.32. The van der Waals surface area contributed by atoms with Crippen LogP contribution in [-0.2, 0) is 20.2 Å². The summed E-state index contributed by atoms with van der Waals surface area (Å²) in [5.41, 5.74) is 1.19. The lowest BCUT2D eigenvalue weighted by Gasteiger charge is -2.40. The van der Waals surface area contributed by atoms with Crippen LogP contribution >= 0.6 is 35.1 Å². The summed E-state index contributed by atoms with van der Waals surface area (Å²) in [6.07, 6.45) is 16.6. The van der Waals surface area contributed by atoms with Crippen molar-refractivity contribution in [3.05, 3.63) is 22.8 Å². The Balaban J connectivity index is 1.44. The van der Waals surface area contributed by atoms with Gasteiger partial charge in [-0.3, -0.25) is 9.11 Å². The molecule has 13 heteroatoms. The van der Waals surface area contributed by atoms with Gasteiger partial charge in [-0.1, -0.05) is 19.8 Å². The first-order valence-electron chi connectivity index (χ1n) is 15.6. The molecule has 42 heavy (non-hydrogen) atoms. The fourth-order valence-electron chi connectivity index (χ4n) is 7.89. The highest BCUT2D eigenvalue weighted by Gasteiger charge is 2.52. The van der Waals surface area contributed by atoms with Gasteiger partial charge in [0.15, 0.2) is 6.04 Å². The van der Waals surface area contributed by atoms with Crippen molar-refractivity contribution >= 4 is 60.4 Å². The summed E-state index contributed by atoms with van der Waals surface area (Å²) in [5.74, 6) is 0.916. The molecule has 0 aromatic carbocycles. The molecule has 0 spiro atoms. The number of thioether (sulfide) groups is 2. The van der Waals surface area contributed by atoms with Gasteiger partial charge in [0, 0.05) is 41.6 Å². The molecule has 1 saturated heterocycles. The Hall–Kier alpha value is -0.240. The standard InChI is InChI=1S/C29H45ClN2O6S4/c1-2-20(17-27-31(13-5-15-41(33,34)35)24-19-22(30)10-12-25(24)39-27)18-28-32(14-6-16-42(36,37)38)29-23-8-4-3-7-21(23)9-11-26(29)40-28/h17-18,21-26,29H,2-16,19H2,1H3,(H-,33,34,35,36,37,38)/p+1. The van der Waals surface area contributed by atoms with E-state index in [1.807, 2.05) is 23.5 Å². The molecule has 0 radical (unpaired) electrons. The third-order valence-electron chi connectivity index (χ3n) is 9.80. The van der Waals surface area contributed by atoms with Crippen LogP contribution < -0.4 is 0 Å². The zero-order valence-electron chi connectivity index (χ0n) is 24.4. The average Bonchev–Trinajstić information content (AvgIpc) is 3.44. The van der Waals surface area contributed by atoms with E-state index in [0.29, 0.717) is 48.4 Å². The van der Waals surface area contributed by atoms with E-state index in [4.69, 9.17) is 11.6 Å². The summed E-state index contributed by atoms with van der Waals surface area (Å²) in [5, 5.41) is 3.40. The molecule has 2 aliphatic heterocycles. The van der Waals surface area contributed by atoms with Crippen LogP contribution in [0, 0.1) is 11.8 Å². The number of halogens is 1. The van der Waals surface area contributed by atoms with Crippen molar-refractivity contribution in [3.63, 3.8) is 0 Å². The largest absolute Gasteiger partial charge is 0.362 e. The molecule has 4 fully saturated rings. The number of hydrogen-bond donors (Lipinski definition) is 2. The molecule has 2 N–H and O–H groups in total. The van der Waals surface area contributed by atoms with Gasteiger partial charge in [-0.2, -0.15) is 16.8 Å². The lowest BCUT2D eigenvalue weighted by atomic mass is 9.68. The molecule has 7 unspecified atom stereocenters. The van der Waals surface area contributed by atoms with Gasteiger partial charge < -0.3 is 4.90 Å². The summed E-state index contributed by atoms with van der Waals surface area (Å²) < 4.78 is 67.1. The molecule has 0 amide bonds. The van der Waals surface area contributed by atoms with Gasteiger partial charge in [0.05, 0.1) is 21.8 Å². The molecular weight excluding hydrogens is 636 g/mol. The van der Waals surface area contributed by atoms with Crippen molar-refractivity contribution in [2.24, 2.45) is 11.8 Å². The summed E-state index contributed by atoms with van der Waals surface area (Å²) >= 11 is 10.4. The fraction of sp³-hybridized carbons (Fsp3) is 0.828. The number of rotatable bonds is 11. The number of alkyl halides is 1. The predicted molar refractivity (Wildman–Crippen MR) is 174 cm³/mol. The molecule has 5 aliphatic rings. The van der Waals surface area contributed by atoms with Crippen LogP contribution in [0.25, 0.3) is 0 Å². The van der Waals surface area contributed by atoms with Crippen molar-refractivity contribution < 1.29 is 30.5 Å². The molecule has 0 aromatic rings. The lowest BCUT2D eigenvalue weighted by Crippen LogP contribution is -2.46. The van der Waals surface area contributed by atoms with Crippen LogP contribution in [-0.4, -0.2) is 93.0 Å². The number of nitrogens with zero attached hydrogens (tertiary/aromatic N) is 2. The normalized spacial score (nSPS) is 35.0. The van der Waals surface area contributed by atoms with E-state index >= 15 is 0 Å². The van der Waals surface area contributed by atoms with E-state index in [0.717, 1.165) is 36.6 Å². The van der Waals surface area contributed by atoms with Gasteiger partial charge in [-0.15, -0.1) is 23.4 Å². The van der Waals surface area contributed by atoms with Crippen molar-refractivity contribution in [3.8, 4) is 0 Å². The second-order valence-electron chi connectivity index (χ2n) is 12.6. The molecule has 8 nitrogen and oxygen atoms in total. The first kappa shape index (κ1) is 33.1. The van der Waals surface area contributed by atoms with Crippen molar-refractivity contribution in [2.45, 2.75) is 112 Å². The minimum absolute atomic E-state index is 0.116. The van der Waals surface area contributed by atoms with Crippen LogP contribution in [0.5, 0.6) is 0 Å². The molecule has 0 bridgehead atoms. The van der Waals surface area contributed by atoms with Crippen LogP contribution in [0.4, 0.5) is 0 Å². The zero-order chi connectivity index (χ0) is 30.1. The average molecular weight is 682 g/mol. The van der Waals surface area contributed by atoms with Crippen molar-refractivity contribution in [1.29, 1.82) is 0 Å². The zero-order valence-corrected chi connectivity index (χ0v) is 28.5. The molecule has 3 saturated carbocycles. The monoisotopic (exact) mass is 681 g/mol. The minimum atomic E-state index is -4.01. The van der Waals surface area contributed by atoms with Gasteiger partial charge in [-0.25, -0.2) is 4.58 Å². The summed E-state index contributed by atoms with van der Waals surface area (Å²) in [6.45, 7) is 3.33. The SMILES string of the molecule is CCC(=CC1=[N+](CCCS(=O)(=O)O)C2C(CCC3CCCCC32)S1)C=C1SC2CCC(Cl)CC2N1CCCS(=O)(=O)O. The second kappa shape index (κ2) is 14.0. The van der Waals surface area contributed by atoms with Crippen LogP contribution in [0.1, 0.15) is 84.0 Å². The third kappa shape index (κ3) is 8.31. The maximum Gasteiger partial charge on any atom is 0.265 e. The smallest absolute Gasteiger partial charge is 0.265 e. The Morgan fingerprint density at radius 1 is 0.976 bits per heavy atom. The van der Waals surface area contributed by atoms with E-state index in [1.54, 1.807) is 0 Å². The fourth-order valence-corrected chi connectivity index (χ4v) is 12.4. The second-order valence-corrected chi connectivity index (χ2v) is 18.9. The number of fused-ring (bicyclic) bond motifs is 4. The molecule has 0 aromatic heterocycles. The minimum Gasteiger partial charge on any atom is -0.362 e. The van der Waals surface area contributed by atoms with E-state index in [-0.39, 0.29) is 22.9 Å². The van der Waals surface area contributed by atoms with Crippen LogP contribution in [0.2, 0.25) is 0 Å². The Morgan fingerprint density at radius 2 is 1.69 bits per heavy atom. The predicted octanol–water partition coefficient (Wildman–Crippen LogP) is 5.79.